The predicted molar refractivity (Wildman–Crippen MR) is 85.8 cm³/mol. The second kappa shape index (κ2) is 8.21. The van der Waals surface area contributed by atoms with Gasteiger partial charge in [0.2, 0.25) is 15.9 Å². The average molecular weight is 340 g/mol. The SMILES string of the molecule is O=C(CNS(=O)(=O)c1ccc(F)cc1)NCCC1=CCCCC1. The van der Waals surface area contributed by atoms with Gasteiger partial charge in [0.05, 0.1) is 11.4 Å². The Morgan fingerprint density at radius 3 is 2.57 bits per heavy atom. The van der Waals surface area contributed by atoms with E-state index in [0.717, 1.165) is 43.5 Å². The van der Waals surface area contributed by atoms with Gasteiger partial charge in [0, 0.05) is 6.54 Å². The molecule has 0 saturated carbocycles. The fraction of sp³-hybridized carbons (Fsp3) is 0.438. The lowest BCUT2D eigenvalue weighted by atomic mass is 9.97. The molecule has 23 heavy (non-hydrogen) atoms. The summed E-state index contributed by atoms with van der Waals surface area (Å²) in [6, 6.07) is 4.44. The van der Waals surface area contributed by atoms with Crippen LogP contribution in [0, 0.1) is 5.82 Å². The molecule has 7 heteroatoms. The van der Waals surface area contributed by atoms with Crippen molar-refractivity contribution in [2.45, 2.75) is 37.0 Å². The van der Waals surface area contributed by atoms with Crippen molar-refractivity contribution >= 4 is 15.9 Å². The molecule has 0 bridgehead atoms. The molecule has 1 aromatic carbocycles. The van der Waals surface area contributed by atoms with E-state index in [1.807, 2.05) is 0 Å². The molecule has 0 heterocycles. The smallest absolute Gasteiger partial charge is 0.241 e. The quantitative estimate of drug-likeness (QED) is 0.747. The Labute approximate surface area is 136 Å². The molecule has 0 saturated heterocycles. The summed E-state index contributed by atoms with van der Waals surface area (Å²) in [5.41, 5.74) is 1.35. The third kappa shape index (κ3) is 5.76. The number of nitrogens with one attached hydrogen (secondary N) is 2. The summed E-state index contributed by atoms with van der Waals surface area (Å²) in [7, 11) is -3.81. The molecule has 0 atom stereocenters. The zero-order valence-electron chi connectivity index (χ0n) is 12.8. The number of rotatable bonds is 7. The van der Waals surface area contributed by atoms with Gasteiger partial charge < -0.3 is 5.32 Å². The van der Waals surface area contributed by atoms with Gasteiger partial charge in [-0.25, -0.2) is 17.5 Å². The first-order chi connectivity index (χ1) is 11.0. The van der Waals surface area contributed by atoms with Crippen molar-refractivity contribution in [3.63, 3.8) is 0 Å². The Balaban J connectivity index is 1.75. The zero-order valence-corrected chi connectivity index (χ0v) is 13.7. The second-order valence-corrected chi connectivity index (χ2v) is 7.25. The monoisotopic (exact) mass is 340 g/mol. The molecule has 1 aromatic rings. The van der Waals surface area contributed by atoms with Gasteiger partial charge in [0.1, 0.15) is 5.82 Å². The van der Waals surface area contributed by atoms with Crippen LogP contribution in [0.1, 0.15) is 32.1 Å². The molecule has 1 amide bonds. The molecule has 1 aliphatic carbocycles. The maximum atomic E-state index is 12.8. The van der Waals surface area contributed by atoms with Gasteiger partial charge >= 0.3 is 0 Å². The van der Waals surface area contributed by atoms with E-state index in [9.17, 15) is 17.6 Å². The van der Waals surface area contributed by atoms with Gasteiger partial charge in [-0.15, -0.1) is 0 Å². The molecule has 0 unspecified atom stereocenters. The maximum Gasteiger partial charge on any atom is 0.241 e. The maximum absolute atomic E-state index is 12.8. The van der Waals surface area contributed by atoms with Crippen molar-refractivity contribution in [1.82, 2.24) is 10.0 Å². The Bertz CT molecular complexity index is 669. The molecular formula is C16H21FN2O3S. The van der Waals surface area contributed by atoms with E-state index in [1.165, 1.54) is 18.4 Å². The summed E-state index contributed by atoms with van der Waals surface area (Å²) in [6.07, 6.45) is 7.61. The first kappa shape index (κ1) is 17.6. The molecular weight excluding hydrogens is 319 g/mol. The summed E-state index contributed by atoms with van der Waals surface area (Å²) in [5, 5.41) is 2.70. The van der Waals surface area contributed by atoms with E-state index in [2.05, 4.69) is 16.1 Å². The largest absolute Gasteiger partial charge is 0.355 e. The summed E-state index contributed by atoms with van der Waals surface area (Å²) in [5.74, 6) is -0.897. The van der Waals surface area contributed by atoms with Crippen LogP contribution >= 0.6 is 0 Å². The molecule has 0 radical (unpaired) electrons. The van der Waals surface area contributed by atoms with Crippen LogP contribution in [0.3, 0.4) is 0 Å². The number of sulfonamides is 1. The number of carbonyl (C=O) groups is 1. The molecule has 0 aromatic heterocycles. The Morgan fingerprint density at radius 2 is 1.91 bits per heavy atom. The third-order valence-electron chi connectivity index (χ3n) is 3.70. The van der Waals surface area contributed by atoms with Crippen molar-refractivity contribution in [2.24, 2.45) is 0 Å². The van der Waals surface area contributed by atoms with E-state index in [4.69, 9.17) is 0 Å². The minimum Gasteiger partial charge on any atom is -0.355 e. The minimum atomic E-state index is -3.81. The van der Waals surface area contributed by atoms with E-state index in [1.54, 1.807) is 0 Å². The standard InChI is InChI=1S/C16H21FN2O3S/c17-14-6-8-15(9-7-14)23(21,22)19-12-16(20)18-11-10-13-4-2-1-3-5-13/h4,6-9,19H,1-3,5,10-12H2,(H,18,20). The lowest BCUT2D eigenvalue weighted by molar-refractivity contribution is -0.119. The van der Waals surface area contributed by atoms with Gasteiger partial charge in [-0.2, -0.15) is 0 Å². The summed E-state index contributed by atoms with van der Waals surface area (Å²) < 4.78 is 38.9. The highest BCUT2D eigenvalue weighted by Crippen LogP contribution is 2.19. The van der Waals surface area contributed by atoms with Crippen LogP contribution < -0.4 is 10.0 Å². The first-order valence-electron chi connectivity index (χ1n) is 7.67. The number of halogens is 1. The van der Waals surface area contributed by atoms with Gasteiger partial charge in [-0.3, -0.25) is 4.79 Å². The third-order valence-corrected chi connectivity index (χ3v) is 5.12. The lowest BCUT2D eigenvalue weighted by Crippen LogP contribution is -2.37. The van der Waals surface area contributed by atoms with Crippen molar-refractivity contribution in [3.05, 3.63) is 41.7 Å². The van der Waals surface area contributed by atoms with Crippen LogP contribution in [0.2, 0.25) is 0 Å². The van der Waals surface area contributed by atoms with Crippen molar-refractivity contribution in [2.75, 3.05) is 13.1 Å². The molecule has 0 fully saturated rings. The topological polar surface area (TPSA) is 75.3 Å². The van der Waals surface area contributed by atoms with E-state index in [-0.39, 0.29) is 17.3 Å². The zero-order chi connectivity index (χ0) is 16.7. The molecule has 1 aliphatic rings. The number of benzene rings is 1. The van der Waals surface area contributed by atoms with Gasteiger partial charge in [-0.05, 0) is 56.4 Å². The lowest BCUT2D eigenvalue weighted by Gasteiger charge is -2.13. The molecule has 5 nitrogen and oxygen atoms in total. The highest BCUT2D eigenvalue weighted by molar-refractivity contribution is 7.89. The summed E-state index contributed by atoms with van der Waals surface area (Å²) in [6.45, 7) is 0.168. The van der Waals surface area contributed by atoms with Crippen LogP contribution in [0.25, 0.3) is 0 Å². The van der Waals surface area contributed by atoms with E-state index in [0.29, 0.717) is 6.54 Å². The van der Waals surface area contributed by atoms with Crippen LogP contribution in [0.5, 0.6) is 0 Å². The number of carbonyl (C=O) groups excluding carboxylic acids is 1. The Morgan fingerprint density at radius 1 is 1.17 bits per heavy atom. The van der Waals surface area contributed by atoms with Crippen LogP contribution in [0.4, 0.5) is 4.39 Å². The molecule has 0 aliphatic heterocycles. The number of amides is 1. The van der Waals surface area contributed by atoms with Gasteiger partial charge in [0.15, 0.2) is 0 Å². The fourth-order valence-electron chi connectivity index (χ4n) is 2.41. The minimum absolute atomic E-state index is 0.0703. The molecule has 2 rings (SSSR count). The predicted octanol–water partition coefficient (Wildman–Crippen LogP) is 2.11. The normalized spacial score (nSPS) is 15.1. The van der Waals surface area contributed by atoms with Crippen LogP contribution in [-0.2, 0) is 14.8 Å². The summed E-state index contributed by atoms with van der Waals surface area (Å²) in [4.78, 5) is 11.6. The number of hydrogen-bond donors (Lipinski definition) is 2. The van der Waals surface area contributed by atoms with Crippen LogP contribution in [0.15, 0.2) is 40.8 Å². The van der Waals surface area contributed by atoms with Gasteiger partial charge in [-0.1, -0.05) is 11.6 Å². The van der Waals surface area contributed by atoms with Crippen molar-refractivity contribution in [3.8, 4) is 0 Å². The molecule has 0 spiro atoms. The highest BCUT2D eigenvalue weighted by atomic mass is 32.2. The fourth-order valence-corrected chi connectivity index (χ4v) is 3.40. The Kier molecular flexibility index (Phi) is 6.29. The van der Waals surface area contributed by atoms with Gasteiger partial charge in [0.25, 0.3) is 0 Å². The van der Waals surface area contributed by atoms with Crippen LogP contribution in [-0.4, -0.2) is 27.4 Å². The second-order valence-electron chi connectivity index (χ2n) is 5.49. The van der Waals surface area contributed by atoms with Crippen molar-refractivity contribution < 1.29 is 17.6 Å². The van der Waals surface area contributed by atoms with Crippen molar-refractivity contribution in [1.29, 1.82) is 0 Å². The number of hydrogen-bond acceptors (Lipinski definition) is 3. The molecule has 2 N–H and O–H groups in total. The van der Waals surface area contributed by atoms with E-state index >= 15 is 0 Å². The number of allylic oxidation sites excluding steroid dienone is 1. The average Bonchev–Trinajstić information content (AvgIpc) is 2.54. The Hall–Kier alpha value is -1.73. The van der Waals surface area contributed by atoms with E-state index < -0.39 is 15.8 Å². The first-order valence-corrected chi connectivity index (χ1v) is 9.15. The highest BCUT2D eigenvalue weighted by Gasteiger charge is 2.15. The summed E-state index contributed by atoms with van der Waals surface area (Å²) >= 11 is 0. The molecule has 126 valence electrons.